The van der Waals surface area contributed by atoms with Gasteiger partial charge in [0, 0.05) is 28.3 Å². The summed E-state index contributed by atoms with van der Waals surface area (Å²) in [6.45, 7) is 4.04. The van der Waals surface area contributed by atoms with Crippen LogP contribution < -0.4 is 16.2 Å². The summed E-state index contributed by atoms with van der Waals surface area (Å²) in [6, 6.07) is 13.6. The molecule has 2 heterocycles. The molecule has 0 bridgehead atoms. The van der Waals surface area contributed by atoms with E-state index in [1.807, 2.05) is 26.0 Å². The summed E-state index contributed by atoms with van der Waals surface area (Å²) in [5.41, 5.74) is 17.3. The van der Waals surface area contributed by atoms with Crippen LogP contribution in [0.3, 0.4) is 0 Å². The van der Waals surface area contributed by atoms with Gasteiger partial charge in [-0.1, -0.05) is 29.3 Å². The largest absolute Gasteiger partial charge is 0.440 e. The van der Waals surface area contributed by atoms with E-state index in [1.54, 1.807) is 12.1 Å². The number of halogens is 1. The van der Waals surface area contributed by atoms with Crippen LogP contribution in [0.4, 0.5) is 5.69 Å². The summed E-state index contributed by atoms with van der Waals surface area (Å²) in [5, 5.41) is 11.0. The van der Waals surface area contributed by atoms with E-state index >= 15 is 0 Å². The summed E-state index contributed by atoms with van der Waals surface area (Å²) >= 11 is 6.57. The van der Waals surface area contributed by atoms with Gasteiger partial charge in [0.15, 0.2) is 0 Å². The minimum atomic E-state index is -0.468. The number of nitrogen functional groups attached to an aromatic ring is 1. The molecule has 5 nitrogen and oxygen atoms in total. The highest BCUT2D eigenvalue weighted by atomic mass is 35.5. The molecule has 2 aromatic carbocycles. The maximum Gasteiger partial charge on any atom is 0.205 e. The molecule has 0 saturated heterocycles. The number of fused-ring (bicyclic) bond motifs is 2. The second-order valence-electron chi connectivity index (χ2n) is 6.74. The van der Waals surface area contributed by atoms with Crippen LogP contribution in [-0.2, 0) is 0 Å². The van der Waals surface area contributed by atoms with Crippen molar-refractivity contribution < 1.29 is 4.74 Å². The van der Waals surface area contributed by atoms with E-state index in [9.17, 15) is 5.26 Å². The van der Waals surface area contributed by atoms with Crippen LogP contribution in [0.2, 0.25) is 5.15 Å². The smallest absolute Gasteiger partial charge is 0.205 e. The van der Waals surface area contributed by atoms with Crippen LogP contribution in [0, 0.1) is 25.2 Å². The van der Waals surface area contributed by atoms with Crippen molar-refractivity contribution in [2.75, 3.05) is 5.73 Å². The number of aryl methyl sites for hydroxylation is 2. The zero-order valence-corrected chi connectivity index (χ0v) is 15.6. The molecular weight excluding hydrogens is 360 g/mol. The number of allylic oxidation sites excluding steroid dienone is 1. The van der Waals surface area contributed by atoms with Gasteiger partial charge in [-0.05, 0) is 37.6 Å². The summed E-state index contributed by atoms with van der Waals surface area (Å²) in [7, 11) is 0. The lowest BCUT2D eigenvalue weighted by Crippen LogP contribution is -2.21. The van der Waals surface area contributed by atoms with Gasteiger partial charge in [-0.15, -0.1) is 0 Å². The number of aromatic nitrogens is 1. The van der Waals surface area contributed by atoms with Gasteiger partial charge in [0.2, 0.25) is 5.88 Å². The second kappa shape index (κ2) is 6.19. The van der Waals surface area contributed by atoms with Gasteiger partial charge >= 0.3 is 0 Å². The van der Waals surface area contributed by atoms with E-state index < -0.39 is 5.92 Å². The number of benzene rings is 2. The summed E-state index contributed by atoms with van der Waals surface area (Å²) in [6.07, 6.45) is 0. The number of nitriles is 1. The van der Waals surface area contributed by atoms with Gasteiger partial charge in [0.1, 0.15) is 22.5 Å². The summed E-state index contributed by atoms with van der Waals surface area (Å²) < 4.78 is 5.62. The Morgan fingerprint density at radius 2 is 1.89 bits per heavy atom. The highest BCUT2D eigenvalue weighted by molar-refractivity contribution is 6.30. The van der Waals surface area contributed by atoms with Gasteiger partial charge < -0.3 is 16.2 Å². The number of nitrogens with zero attached hydrogens (tertiary/aromatic N) is 2. The number of anilines is 1. The number of nitrogens with two attached hydrogens (primary N) is 2. The van der Waals surface area contributed by atoms with E-state index in [1.165, 1.54) is 0 Å². The van der Waals surface area contributed by atoms with E-state index in [-0.39, 0.29) is 5.88 Å². The Labute approximate surface area is 161 Å². The van der Waals surface area contributed by atoms with Gasteiger partial charge in [-0.2, -0.15) is 5.26 Å². The topological polar surface area (TPSA) is 98.0 Å². The monoisotopic (exact) mass is 376 g/mol. The van der Waals surface area contributed by atoms with Crippen molar-refractivity contribution in [2.24, 2.45) is 5.73 Å². The van der Waals surface area contributed by atoms with Gasteiger partial charge in [0.05, 0.1) is 11.4 Å². The van der Waals surface area contributed by atoms with E-state index in [0.29, 0.717) is 27.7 Å². The zero-order valence-electron chi connectivity index (χ0n) is 14.9. The zero-order chi connectivity index (χ0) is 19.3. The third-order valence-corrected chi connectivity index (χ3v) is 5.09. The van der Waals surface area contributed by atoms with Crippen LogP contribution >= 0.6 is 11.6 Å². The lowest BCUT2D eigenvalue weighted by molar-refractivity contribution is 0.394. The first-order valence-corrected chi connectivity index (χ1v) is 8.81. The van der Waals surface area contributed by atoms with Crippen molar-refractivity contribution in [2.45, 2.75) is 19.8 Å². The highest BCUT2D eigenvalue weighted by Gasteiger charge is 2.32. The summed E-state index contributed by atoms with van der Waals surface area (Å²) in [4.78, 5) is 4.60. The maximum absolute atomic E-state index is 9.71. The Morgan fingerprint density at radius 3 is 2.63 bits per heavy atom. The van der Waals surface area contributed by atoms with E-state index in [4.69, 9.17) is 27.8 Å². The molecule has 1 atom stereocenters. The fraction of sp³-hybridized carbons (Fsp3) is 0.143. The number of hydrogen-bond acceptors (Lipinski definition) is 5. The normalized spacial score (nSPS) is 16.0. The maximum atomic E-state index is 9.71. The first kappa shape index (κ1) is 17.2. The fourth-order valence-corrected chi connectivity index (χ4v) is 3.89. The van der Waals surface area contributed by atoms with Crippen LogP contribution in [0.5, 0.6) is 5.75 Å². The van der Waals surface area contributed by atoms with Crippen molar-refractivity contribution in [3.8, 4) is 11.8 Å². The molecule has 6 heteroatoms. The van der Waals surface area contributed by atoms with Crippen molar-refractivity contribution in [1.82, 2.24) is 4.98 Å². The quantitative estimate of drug-likeness (QED) is 0.487. The molecular formula is C21H17ClN4O. The average Bonchev–Trinajstić information content (AvgIpc) is 2.60. The molecule has 4 rings (SSSR count). The number of pyridine rings is 1. The lowest BCUT2D eigenvalue weighted by Gasteiger charge is -2.27. The van der Waals surface area contributed by atoms with Gasteiger partial charge in [-0.25, -0.2) is 4.98 Å². The summed E-state index contributed by atoms with van der Waals surface area (Å²) in [5.74, 6) is 0.106. The first-order chi connectivity index (χ1) is 12.9. The third-order valence-electron chi connectivity index (χ3n) is 4.79. The van der Waals surface area contributed by atoms with Gasteiger partial charge in [0.25, 0.3) is 0 Å². The van der Waals surface area contributed by atoms with Crippen molar-refractivity contribution in [3.05, 3.63) is 75.3 Å². The Kier molecular flexibility index (Phi) is 3.94. The van der Waals surface area contributed by atoms with Crippen LogP contribution in [0.25, 0.3) is 10.9 Å². The van der Waals surface area contributed by atoms with Crippen molar-refractivity contribution in [3.63, 3.8) is 0 Å². The standard InChI is InChI=1S/C21H17ClN4O/c1-10-5-11(2)19-12(6-10)7-15(20(22)26-19)18-14-4-3-13(24)8-17(14)27-21(25)16(18)9-23/h3-8,18H,24-25H2,1-2H3. The van der Waals surface area contributed by atoms with E-state index in [2.05, 4.69) is 23.2 Å². The predicted molar refractivity (Wildman–Crippen MR) is 106 cm³/mol. The minimum absolute atomic E-state index is 0.0530. The van der Waals surface area contributed by atoms with Crippen molar-refractivity contribution in [1.29, 1.82) is 5.26 Å². The van der Waals surface area contributed by atoms with Crippen molar-refractivity contribution >= 4 is 28.2 Å². The Morgan fingerprint density at radius 1 is 1.11 bits per heavy atom. The molecule has 4 N–H and O–H groups in total. The number of ether oxygens (including phenoxy) is 1. The third kappa shape index (κ3) is 2.75. The SMILES string of the molecule is Cc1cc(C)c2nc(Cl)c(C3C(C#N)=C(N)Oc4cc(N)ccc43)cc2c1. The molecule has 0 amide bonds. The highest BCUT2D eigenvalue weighted by Crippen LogP contribution is 2.45. The Balaban J connectivity index is 2.02. The minimum Gasteiger partial charge on any atom is -0.440 e. The molecule has 0 radical (unpaired) electrons. The molecule has 0 saturated carbocycles. The number of hydrogen-bond donors (Lipinski definition) is 2. The lowest BCUT2D eigenvalue weighted by atomic mass is 9.83. The molecule has 3 aromatic rings. The molecule has 0 fully saturated rings. The molecule has 1 unspecified atom stereocenters. The molecule has 27 heavy (non-hydrogen) atoms. The van der Waals surface area contributed by atoms with Crippen LogP contribution in [-0.4, -0.2) is 4.98 Å². The number of rotatable bonds is 1. The molecule has 0 spiro atoms. The fourth-order valence-electron chi connectivity index (χ4n) is 3.64. The van der Waals surface area contributed by atoms with Crippen LogP contribution in [0.1, 0.15) is 28.2 Å². The van der Waals surface area contributed by atoms with Crippen LogP contribution in [0.15, 0.2) is 47.9 Å². The Bertz CT molecular complexity index is 1180. The van der Waals surface area contributed by atoms with E-state index in [0.717, 1.165) is 27.6 Å². The van der Waals surface area contributed by atoms with Gasteiger partial charge in [-0.3, -0.25) is 0 Å². The predicted octanol–water partition coefficient (Wildman–Crippen LogP) is 4.31. The molecule has 1 aliphatic rings. The second-order valence-corrected chi connectivity index (χ2v) is 7.10. The molecule has 1 aromatic heterocycles. The molecule has 1 aliphatic heterocycles. The first-order valence-electron chi connectivity index (χ1n) is 8.43. The molecule has 0 aliphatic carbocycles. The molecule has 134 valence electrons. The average molecular weight is 377 g/mol. The Hall–Kier alpha value is -3.23.